The Morgan fingerprint density at radius 2 is 1.95 bits per heavy atom. The highest BCUT2D eigenvalue weighted by molar-refractivity contribution is 5.97. The van der Waals surface area contributed by atoms with Crippen molar-refractivity contribution in [3.05, 3.63) is 81.9 Å². The molecular weight excluding hydrogens is 283 g/mol. The predicted molar refractivity (Wildman–Crippen MR) is 82.1 cm³/mol. The predicted octanol–water partition coefficient (Wildman–Crippen LogP) is 2.60. The first-order valence-electron chi connectivity index (χ1n) is 6.78. The van der Waals surface area contributed by atoms with Crippen molar-refractivity contribution in [1.29, 1.82) is 0 Å². The van der Waals surface area contributed by atoms with Gasteiger partial charge in [0, 0.05) is 23.6 Å². The van der Waals surface area contributed by atoms with E-state index >= 15 is 0 Å². The van der Waals surface area contributed by atoms with E-state index in [0.717, 1.165) is 0 Å². The van der Waals surface area contributed by atoms with E-state index in [1.165, 1.54) is 18.3 Å². The summed E-state index contributed by atoms with van der Waals surface area (Å²) in [5.74, 6) is -0.855. The SMILES string of the molecule is O=C(NCc1cccc(F)c1)c1c[nH]c2ccccc2c1=O. The lowest BCUT2D eigenvalue weighted by Gasteiger charge is -2.06. The summed E-state index contributed by atoms with van der Waals surface area (Å²) in [5.41, 5.74) is 1.01. The zero-order valence-electron chi connectivity index (χ0n) is 11.6. The maximum atomic E-state index is 13.1. The number of H-pyrrole nitrogens is 1. The second-order valence-electron chi connectivity index (χ2n) is 4.89. The average Bonchev–Trinajstić information content (AvgIpc) is 2.53. The number of fused-ring (bicyclic) bond motifs is 1. The summed E-state index contributed by atoms with van der Waals surface area (Å²) >= 11 is 0. The van der Waals surface area contributed by atoms with Crippen LogP contribution in [-0.4, -0.2) is 10.9 Å². The van der Waals surface area contributed by atoms with Gasteiger partial charge in [0.25, 0.3) is 5.91 Å². The molecule has 0 aliphatic carbocycles. The minimum Gasteiger partial charge on any atom is -0.360 e. The maximum absolute atomic E-state index is 13.1. The molecule has 2 N–H and O–H groups in total. The molecule has 1 heterocycles. The quantitative estimate of drug-likeness (QED) is 0.780. The topological polar surface area (TPSA) is 62.0 Å². The molecule has 2 aromatic carbocycles. The monoisotopic (exact) mass is 296 g/mol. The van der Waals surface area contributed by atoms with Crippen LogP contribution in [0.2, 0.25) is 0 Å². The van der Waals surface area contributed by atoms with Crippen molar-refractivity contribution in [2.24, 2.45) is 0 Å². The van der Waals surface area contributed by atoms with Crippen LogP contribution >= 0.6 is 0 Å². The number of carbonyl (C=O) groups is 1. The Morgan fingerprint density at radius 1 is 1.14 bits per heavy atom. The Morgan fingerprint density at radius 3 is 2.77 bits per heavy atom. The van der Waals surface area contributed by atoms with Gasteiger partial charge in [-0.25, -0.2) is 4.39 Å². The molecule has 0 fully saturated rings. The lowest BCUT2D eigenvalue weighted by molar-refractivity contribution is 0.0949. The number of hydrogen-bond acceptors (Lipinski definition) is 2. The normalized spacial score (nSPS) is 10.6. The van der Waals surface area contributed by atoms with Crippen molar-refractivity contribution < 1.29 is 9.18 Å². The van der Waals surface area contributed by atoms with Crippen LogP contribution in [0, 0.1) is 5.82 Å². The van der Waals surface area contributed by atoms with Gasteiger partial charge in [0.15, 0.2) is 0 Å². The third kappa shape index (κ3) is 2.74. The van der Waals surface area contributed by atoms with Crippen LogP contribution in [0.4, 0.5) is 4.39 Å². The van der Waals surface area contributed by atoms with Crippen molar-refractivity contribution >= 4 is 16.8 Å². The number of aromatic amines is 1. The standard InChI is InChI=1S/C17H13FN2O2/c18-12-5-3-4-11(8-12)9-20-17(22)14-10-19-15-7-2-1-6-13(15)16(14)21/h1-8,10H,9H2,(H,19,21)(H,20,22). The molecule has 5 heteroatoms. The van der Waals surface area contributed by atoms with Crippen LogP contribution in [-0.2, 0) is 6.54 Å². The molecule has 0 spiro atoms. The van der Waals surface area contributed by atoms with Crippen LogP contribution in [0.15, 0.2) is 59.5 Å². The highest BCUT2D eigenvalue weighted by Crippen LogP contribution is 2.07. The minimum atomic E-state index is -0.490. The molecular formula is C17H13FN2O2. The molecule has 1 aromatic heterocycles. The Labute approximate surface area is 125 Å². The van der Waals surface area contributed by atoms with Gasteiger partial charge in [-0.05, 0) is 29.8 Å². The van der Waals surface area contributed by atoms with Crippen molar-refractivity contribution in [3.8, 4) is 0 Å². The van der Waals surface area contributed by atoms with Gasteiger partial charge in [-0.2, -0.15) is 0 Å². The van der Waals surface area contributed by atoms with E-state index in [9.17, 15) is 14.0 Å². The second-order valence-corrected chi connectivity index (χ2v) is 4.89. The summed E-state index contributed by atoms with van der Waals surface area (Å²) in [4.78, 5) is 27.4. The number of benzene rings is 2. The molecule has 0 saturated carbocycles. The number of amides is 1. The van der Waals surface area contributed by atoms with Gasteiger partial charge in [-0.3, -0.25) is 9.59 Å². The van der Waals surface area contributed by atoms with Crippen LogP contribution < -0.4 is 10.7 Å². The van der Waals surface area contributed by atoms with Crippen LogP contribution in [0.25, 0.3) is 10.9 Å². The molecule has 3 aromatic rings. The van der Waals surface area contributed by atoms with E-state index in [1.807, 2.05) is 6.07 Å². The molecule has 0 unspecified atom stereocenters. The fourth-order valence-electron chi connectivity index (χ4n) is 2.26. The molecule has 3 rings (SSSR count). The Balaban J connectivity index is 1.83. The first-order chi connectivity index (χ1) is 10.6. The molecule has 0 aliphatic heterocycles. The summed E-state index contributed by atoms with van der Waals surface area (Å²) in [6.45, 7) is 0.156. The van der Waals surface area contributed by atoms with Gasteiger partial charge in [0.2, 0.25) is 5.43 Å². The second kappa shape index (κ2) is 5.81. The third-order valence-corrected chi connectivity index (χ3v) is 3.38. The number of para-hydroxylation sites is 1. The average molecular weight is 296 g/mol. The lowest BCUT2D eigenvalue weighted by atomic mass is 10.1. The summed E-state index contributed by atoms with van der Waals surface area (Å²) < 4.78 is 13.1. The number of carbonyl (C=O) groups excluding carboxylic acids is 1. The van der Waals surface area contributed by atoms with E-state index in [1.54, 1.807) is 30.3 Å². The molecule has 22 heavy (non-hydrogen) atoms. The highest BCUT2D eigenvalue weighted by atomic mass is 19.1. The van der Waals surface area contributed by atoms with E-state index in [4.69, 9.17) is 0 Å². The van der Waals surface area contributed by atoms with Crippen LogP contribution in [0.5, 0.6) is 0 Å². The number of aromatic nitrogens is 1. The maximum Gasteiger partial charge on any atom is 0.257 e. The van der Waals surface area contributed by atoms with Crippen molar-refractivity contribution in [2.45, 2.75) is 6.54 Å². The van der Waals surface area contributed by atoms with E-state index < -0.39 is 5.91 Å². The highest BCUT2D eigenvalue weighted by Gasteiger charge is 2.12. The van der Waals surface area contributed by atoms with Gasteiger partial charge in [-0.1, -0.05) is 24.3 Å². The summed E-state index contributed by atoms with van der Waals surface area (Å²) in [6.07, 6.45) is 1.39. The molecule has 0 atom stereocenters. The summed E-state index contributed by atoms with van der Waals surface area (Å²) in [6, 6.07) is 12.9. The largest absolute Gasteiger partial charge is 0.360 e. The zero-order valence-corrected chi connectivity index (χ0v) is 11.6. The van der Waals surface area contributed by atoms with E-state index in [2.05, 4.69) is 10.3 Å². The fraction of sp³-hybridized carbons (Fsp3) is 0.0588. The van der Waals surface area contributed by atoms with Crippen LogP contribution in [0.1, 0.15) is 15.9 Å². The molecule has 4 nitrogen and oxygen atoms in total. The van der Waals surface area contributed by atoms with Gasteiger partial charge in [0.1, 0.15) is 11.4 Å². The van der Waals surface area contributed by atoms with Gasteiger partial charge in [-0.15, -0.1) is 0 Å². The lowest BCUT2D eigenvalue weighted by Crippen LogP contribution is -2.28. The van der Waals surface area contributed by atoms with E-state index in [0.29, 0.717) is 16.5 Å². The number of hydrogen-bond donors (Lipinski definition) is 2. The first-order valence-corrected chi connectivity index (χ1v) is 6.78. The first kappa shape index (κ1) is 14.0. The molecule has 110 valence electrons. The molecule has 0 bridgehead atoms. The van der Waals surface area contributed by atoms with E-state index in [-0.39, 0.29) is 23.4 Å². The van der Waals surface area contributed by atoms with Gasteiger partial charge >= 0.3 is 0 Å². The Hall–Kier alpha value is -2.95. The smallest absolute Gasteiger partial charge is 0.257 e. The minimum absolute atomic E-state index is 0.0371. The molecule has 0 aliphatic rings. The van der Waals surface area contributed by atoms with Gasteiger partial charge < -0.3 is 10.3 Å². The van der Waals surface area contributed by atoms with Crippen molar-refractivity contribution in [1.82, 2.24) is 10.3 Å². The molecule has 0 saturated heterocycles. The number of rotatable bonds is 3. The molecule has 1 amide bonds. The molecule has 0 radical (unpaired) electrons. The number of halogens is 1. The van der Waals surface area contributed by atoms with Crippen LogP contribution in [0.3, 0.4) is 0 Å². The Bertz CT molecular complexity index is 902. The van der Waals surface area contributed by atoms with Gasteiger partial charge in [0.05, 0.1) is 0 Å². The third-order valence-electron chi connectivity index (χ3n) is 3.38. The Kier molecular flexibility index (Phi) is 3.70. The summed E-state index contributed by atoms with van der Waals surface area (Å²) in [5, 5.41) is 3.08. The summed E-state index contributed by atoms with van der Waals surface area (Å²) in [7, 11) is 0. The van der Waals surface area contributed by atoms with Crippen molar-refractivity contribution in [2.75, 3.05) is 0 Å². The fourth-order valence-corrected chi connectivity index (χ4v) is 2.26. The number of nitrogens with one attached hydrogen (secondary N) is 2. The number of pyridine rings is 1. The van der Waals surface area contributed by atoms with Crippen molar-refractivity contribution in [3.63, 3.8) is 0 Å². The zero-order chi connectivity index (χ0) is 15.5.